The Morgan fingerprint density at radius 2 is 1.88 bits per heavy atom. The van der Waals surface area contributed by atoms with Crippen LogP contribution < -0.4 is 10.1 Å². The number of rotatable bonds is 5. The number of benzene rings is 1. The largest absolute Gasteiger partial charge is 0.489 e. The molecule has 1 aliphatic rings. The second-order valence-electron chi connectivity index (χ2n) is 5.26. The van der Waals surface area contributed by atoms with Gasteiger partial charge in [0, 0.05) is 12.6 Å². The summed E-state index contributed by atoms with van der Waals surface area (Å²) in [5, 5.41) is 3.51. The van der Waals surface area contributed by atoms with E-state index in [1.165, 1.54) is 29.5 Å². The average molecular weight is 233 g/mol. The Morgan fingerprint density at radius 3 is 2.53 bits per heavy atom. The highest BCUT2D eigenvalue weighted by Gasteiger charge is 2.21. The van der Waals surface area contributed by atoms with Crippen molar-refractivity contribution in [2.24, 2.45) is 0 Å². The molecule has 2 rings (SSSR count). The zero-order valence-corrected chi connectivity index (χ0v) is 11.3. The summed E-state index contributed by atoms with van der Waals surface area (Å²) in [6, 6.07) is 5.05. The summed E-state index contributed by atoms with van der Waals surface area (Å²) in [7, 11) is 0. The van der Waals surface area contributed by atoms with Crippen LogP contribution in [0.25, 0.3) is 0 Å². The van der Waals surface area contributed by atoms with E-state index >= 15 is 0 Å². The molecule has 94 valence electrons. The van der Waals surface area contributed by atoms with Gasteiger partial charge in [0.15, 0.2) is 0 Å². The van der Waals surface area contributed by atoms with E-state index in [9.17, 15) is 0 Å². The van der Waals surface area contributed by atoms with E-state index < -0.39 is 0 Å². The number of hydrogen-bond acceptors (Lipinski definition) is 2. The van der Waals surface area contributed by atoms with Crippen LogP contribution in [0.15, 0.2) is 12.1 Å². The topological polar surface area (TPSA) is 21.3 Å². The van der Waals surface area contributed by atoms with Crippen molar-refractivity contribution in [3.05, 3.63) is 28.8 Å². The lowest BCUT2D eigenvalue weighted by atomic mass is 10.1. The van der Waals surface area contributed by atoms with Crippen LogP contribution in [0.2, 0.25) is 0 Å². The highest BCUT2D eigenvalue weighted by Crippen LogP contribution is 2.26. The quantitative estimate of drug-likeness (QED) is 0.843. The summed E-state index contributed by atoms with van der Waals surface area (Å²) < 4.78 is 6.07. The zero-order valence-electron chi connectivity index (χ0n) is 11.3. The minimum absolute atomic E-state index is 0.231. The van der Waals surface area contributed by atoms with Crippen LogP contribution in [-0.2, 0) is 0 Å². The van der Waals surface area contributed by atoms with Crippen LogP contribution in [0.3, 0.4) is 0 Å². The SMILES string of the molecule is Cc1ccc(C)c(OC(C)CNC2CC2)c1C. The van der Waals surface area contributed by atoms with Gasteiger partial charge < -0.3 is 10.1 Å². The second kappa shape index (κ2) is 5.09. The molecule has 0 bridgehead atoms. The van der Waals surface area contributed by atoms with Crippen molar-refractivity contribution in [2.45, 2.75) is 52.7 Å². The molecule has 1 fully saturated rings. The van der Waals surface area contributed by atoms with Crippen LogP contribution in [0, 0.1) is 20.8 Å². The molecule has 1 aliphatic carbocycles. The first-order chi connectivity index (χ1) is 8.08. The second-order valence-corrected chi connectivity index (χ2v) is 5.26. The molecule has 0 saturated heterocycles. The molecule has 2 nitrogen and oxygen atoms in total. The van der Waals surface area contributed by atoms with Crippen LogP contribution in [0.1, 0.15) is 36.5 Å². The number of nitrogens with one attached hydrogen (secondary N) is 1. The van der Waals surface area contributed by atoms with Gasteiger partial charge >= 0.3 is 0 Å². The molecular formula is C15H23NO. The predicted octanol–water partition coefficient (Wildman–Crippen LogP) is 3.13. The minimum Gasteiger partial charge on any atom is -0.489 e. The molecule has 0 aromatic heterocycles. The molecule has 2 heteroatoms. The van der Waals surface area contributed by atoms with Crippen LogP contribution >= 0.6 is 0 Å². The third-order valence-corrected chi connectivity index (χ3v) is 3.46. The molecule has 0 heterocycles. The average Bonchev–Trinajstić information content (AvgIpc) is 3.11. The van der Waals surface area contributed by atoms with E-state index in [-0.39, 0.29) is 6.10 Å². The first-order valence-electron chi connectivity index (χ1n) is 6.54. The third-order valence-electron chi connectivity index (χ3n) is 3.46. The van der Waals surface area contributed by atoms with Gasteiger partial charge in [0.1, 0.15) is 11.9 Å². The monoisotopic (exact) mass is 233 g/mol. The van der Waals surface area contributed by atoms with Gasteiger partial charge in [-0.3, -0.25) is 0 Å². The Hall–Kier alpha value is -1.02. The molecule has 17 heavy (non-hydrogen) atoms. The maximum Gasteiger partial charge on any atom is 0.125 e. The molecule has 0 aliphatic heterocycles. The number of ether oxygens (including phenoxy) is 1. The van der Waals surface area contributed by atoms with Crippen molar-refractivity contribution in [1.82, 2.24) is 5.32 Å². The Balaban J connectivity index is 1.98. The minimum atomic E-state index is 0.231. The van der Waals surface area contributed by atoms with Crippen molar-refractivity contribution in [3.8, 4) is 5.75 Å². The van der Waals surface area contributed by atoms with Gasteiger partial charge in [-0.25, -0.2) is 0 Å². The van der Waals surface area contributed by atoms with E-state index in [0.717, 1.165) is 18.3 Å². The van der Waals surface area contributed by atoms with Gasteiger partial charge in [-0.15, -0.1) is 0 Å². The fourth-order valence-corrected chi connectivity index (χ4v) is 1.97. The predicted molar refractivity (Wildman–Crippen MR) is 71.8 cm³/mol. The van der Waals surface area contributed by atoms with Gasteiger partial charge in [0.25, 0.3) is 0 Å². The summed E-state index contributed by atoms with van der Waals surface area (Å²) in [4.78, 5) is 0. The lowest BCUT2D eigenvalue weighted by Crippen LogP contribution is -2.30. The smallest absolute Gasteiger partial charge is 0.125 e. The van der Waals surface area contributed by atoms with Crippen molar-refractivity contribution < 1.29 is 4.74 Å². The number of hydrogen-bond donors (Lipinski definition) is 1. The lowest BCUT2D eigenvalue weighted by Gasteiger charge is -2.19. The van der Waals surface area contributed by atoms with E-state index in [4.69, 9.17) is 4.74 Å². The Labute approximate surface area is 104 Å². The fourth-order valence-electron chi connectivity index (χ4n) is 1.97. The summed E-state index contributed by atoms with van der Waals surface area (Å²) >= 11 is 0. The summed E-state index contributed by atoms with van der Waals surface area (Å²) in [6.07, 6.45) is 2.89. The van der Waals surface area contributed by atoms with Gasteiger partial charge in [-0.1, -0.05) is 12.1 Å². The van der Waals surface area contributed by atoms with Crippen molar-refractivity contribution in [1.29, 1.82) is 0 Å². The first-order valence-corrected chi connectivity index (χ1v) is 6.54. The Morgan fingerprint density at radius 1 is 1.24 bits per heavy atom. The van der Waals surface area contributed by atoms with Gasteiger partial charge in [0.2, 0.25) is 0 Å². The normalized spacial score (nSPS) is 16.9. The van der Waals surface area contributed by atoms with E-state index in [2.05, 4.69) is 45.1 Å². The first kappa shape index (κ1) is 12.4. The molecule has 1 atom stereocenters. The summed E-state index contributed by atoms with van der Waals surface area (Å²) in [6.45, 7) is 9.46. The Kier molecular flexibility index (Phi) is 3.72. The summed E-state index contributed by atoms with van der Waals surface area (Å²) in [5.41, 5.74) is 3.79. The molecule has 1 aromatic carbocycles. The van der Waals surface area contributed by atoms with Gasteiger partial charge in [-0.2, -0.15) is 0 Å². The van der Waals surface area contributed by atoms with E-state index in [1.807, 2.05) is 0 Å². The van der Waals surface area contributed by atoms with Crippen LogP contribution in [0.5, 0.6) is 5.75 Å². The number of aryl methyl sites for hydroxylation is 2. The molecule has 0 radical (unpaired) electrons. The molecule has 1 N–H and O–H groups in total. The molecule has 1 aromatic rings. The van der Waals surface area contributed by atoms with Crippen molar-refractivity contribution >= 4 is 0 Å². The van der Waals surface area contributed by atoms with E-state index in [1.54, 1.807) is 0 Å². The van der Waals surface area contributed by atoms with E-state index in [0.29, 0.717) is 0 Å². The van der Waals surface area contributed by atoms with Gasteiger partial charge in [0.05, 0.1) is 0 Å². The Bertz CT molecular complexity index is 396. The van der Waals surface area contributed by atoms with Crippen LogP contribution in [0.4, 0.5) is 0 Å². The lowest BCUT2D eigenvalue weighted by molar-refractivity contribution is 0.213. The maximum absolute atomic E-state index is 6.07. The molecular weight excluding hydrogens is 210 g/mol. The third kappa shape index (κ3) is 3.22. The highest BCUT2D eigenvalue weighted by molar-refractivity contribution is 5.44. The zero-order chi connectivity index (χ0) is 12.4. The standard InChI is InChI=1S/C15H23NO/c1-10-5-6-11(2)15(13(10)4)17-12(3)9-16-14-7-8-14/h5-6,12,14,16H,7-9H2,1-4H3. The van der Waals surface area contributed by atoms with Crippen LogP contribution in [-0.4, -0.2) is 18.7 Å². The van der Waals surface area contributed by atoms with Gasteiger partial charge in [-0.05, 0) is 57.2 Å². The molecule has 1 saturated carbocycles. The summed E-state index contributed by atoms with van der Waals surface area (Å²) in [5.74, 6) is 1.06. The molecule has 1 unspecified atom stereocenters. The molecule has 0 amide bonds. The van der Waals surface area contributed by atoms with Crippen molar-refractivity contribution in [2.75, 3.05) is 6.54 Å². The van der Waals surface area contributed by atoms with Crippen molar-refractivity contribution in [3.63, 3.8) is 0 Å². The maximum atomic E-state index is 6.07. The fraction of sp³-hybridized carbons (Fsp3) is 0.600. The highest BCUT2D eigenvalue weighted by atomic mass is 16.5. The molecule has 0 spiro atoms.